The summed E-state index contributed by atoms with van der Waals surface area (Å²) in [4.78, 5) is 33.6. The van der Waals surface area contributed by atoms with Gasteiger partial charge in [-0.1, -0.05) is 7.60 Å². The molecule has 10 heteroatoms. The molecule has 7 nitrogen and oxygen atoms in total. The molecule has 0 atom stereocenters. The second-order valence-corrected chi connectivity index (χ2v) is 3.82. The fourth-order valence-electron chi connectivity index (χ4n) is 0.544. The van der Waals surface area contributed by atoms with Crippen LogP contribution in [0.1, 0.15) is 6.42 Å². The molecule has 0 fully saturated rings. The van der Waals surface area contributed by atoms with Crippen molar-refractivity contribution in [2.45, 2.75) is 6.42 Å². The third-order valence-corrected chi connectivity index (χ3v) is 1.71. The molecule has 0 unspecified atom stereocenters. The Labute approximate surface area is 131 Å². The Kier molecular flexibility index (Phi) is 14.6. The quantitative estimate of drug-likeness (QED) is 0.216. The maximum atomic E-state index is 10.1. The van der Waals surface area contributed by atoms with E-state index >= 15 is 0 Å². The molecule has 0 aromatic carbocycles. The van der Waals surface area contributed by atoms with Crippen LogP contribution in [0.4, 0.5) is 0 Å². The average molecular weight is 254 g/mol. The number of carboxylic acid groups (broad SMARTS) is 1. The Balaban J connectivity index is -0.000000720. The van der Waals surface area contributed by atoms with Gasteiger partial charge in [-0.15, -0.1) is 0 Å². The van der Waals surface area contributed by atoms with Gasteiger partial charge in [0.1, 0.15) is 0 Å². The summed E-state index contributed by atoms with van der Waals surface area (Å²) in [6.07, 6.45) is -1.10. The van der Waals surface area contributed by atoms with Gasteiger partial charge >= 0.3 is 65.1 Å². The van der Waals surface area contributed by atoms with Gasteiger partial charge < -0.3 is 25.2 Å². The number of aliphatic carboxylic acids is 1. The second-order valence-electron chi connectivity index (χ2n) is 2.29. The van der Waals surface area contributed by atoms with Crippen LogP contribution in [0.2, 0.25) is 0 Å². The van der Waals surface area contributed by atoms with Gasteiger partial charge in [0.15, 0.2) is 0 Å². The Morgan fingerprint density at radius 2 is 1.87 bits per heavy atom. The predicted molar refractivity (Wildman–Crippen MR) is 41.2 cm³/mol. The van der Waals surface area contributed by atoms with E-state index in [0.717, 1.165) is 0 Å². The molecule has 0 heterocycles. The number of carbonyl (C=O) groups is 1. The Morgan fingerprint density at radius 1 is 1.40 bits per heavy atom. The van der Waals surface area contributed by atoms with E-state index in [1.807, 2.05) is 0 Å². The maximum Gasteiger partial charge on any atom is 1.00 e. The van der Waals surface area contributed by atoms with E-state index in [2.05, 4.69) is 4.99 Å². The molecule has 0 bridgehead atoms. The summed E-state index contributed by atoms with van der Waals surface area (Å²) < 4.78 is 10.1. The molecule has 0 aliphatic rings. The van der Waals surface area contributed by atoms with Crippen molar-refractivity contribution in [3.63, 3.8) is 0 Å². The van der Waals surface area contributed by atoms with Crippen molar-refractivity contribution in [1.29, 1.82) is 0 Å². The summed E-state index contributed by atoms with van der Waals surface area (Å²) in [5.41, 5.74) is 5.03. The van der Waals surface area contributed by atoms with Gasteiger partial charge in [0.05, 0.1) is 18.8 Å². The molecule has 0 aliphatic heterocycles. The van der Waals surface area contributed by atoms with Crippen LogP contribution in [-0.2, 0) is 9.36 Å². The topological polar surface area (TPSA) is 139 Å². The summed E-state index contributed by atoms with van der Waals surface area (Å²) in [6, 6.07) is 0. The van der Waals surface area contributed by atoms with E-state index < -0.39 is 19.7 Å². The Hall–Kier alpha value is 1.09. The molecule has 0 aromatic heterocycles. The van der Waals surface area contributed by atoms with Crippen LogP contribution in [0, 0.1) is 0 Å². The summed E-state index contributed by atoms with van der Waals surface area (Å²) in [5, 5.41) is 8.17. The van der Waals surface area contributed by atoms with Crippen molar-refractivity contribution in [3.05, 3.63) is 0 Å². The van der Waals surface area contributed by atoms with Crippen LogP contribution in [0.15, 0.2) is 4.99 Å². The minimum absolute atomic E-state index is 0. The van der Waals surface area contributed by atoms with Crippen molar-refractivity contribution >= 4 is 19.4 Å². The summed E-state index contributed by atoms with van der Waals surface area (Å²) in [5.74, 6) is -1.42. The normalized spacial score (nSPS) is 11.2. The SMILES string of the molecule is NC(CP(=O)([O-])[O-])=NCCC(=O)O.[Na+].[Na+]. The third-order valence-electron chi connectivity index (χ3n) is 0.996. The fraction of sp³-hybridized carbons (Fsp3) is 0.600. The molecule has 0 saturated carbocycles. The van der Waals surface area contributed by atoms with Crippen molar-refractivity contribution in [1.82, 2.24) is 0 Å². The molecule has 76 valence electrons. The largest absolute Gasteiger partial charge is 1.00 e. The van der Waals surface area contributed by atoms with Crippen LogP contribution in [0.5, 0.6) is 0 Å². The molecule has 15 heavy (non-hydrogen) atoms. The third kappa shape index (κ3) is 17.7. The van der Waals surface area contributed by atoms with Gasteiger partial charge in [-0.25, -0.2) is 0 Å². The second kappa shape index (κ2) is 10.3. The number of amidine groups is 1. The van der Waals surface area contributed by atoms with Crippen LogP contribution >= 0.6 is 7.60 Å². The molecule has 0 aliphatic carbocycles. The van der Waals surface area contributed by atoms with E-state index in [1.165, 1.54) is 0 Å². The van der Waals surface area contributed by atoms with Crippen molar-refractivity contribution in [2.75, 3.05) is 12.7 Å². The molecular formula is C5H9N2Na2O5P. The van der Waals surface area contributed by atoms with Crippen molar-refractivity contribution in [3.8, 4) is 0 Å². The minimum atomic E-state index is -4.69. The average Bonchev–Trinajstić information content (AvgIpc) is 1.81. The molecule has 0 spiro atoms. The van der Waals surface area contributed by atoms with E-state index in [-0.39, 0.29) is 77.9 Å². The standard InChI is InChI=1S/C5H11N2O5P.2Na/c6-4(3-13(10,11)12)7-2-1-5(8)9;;/h1-3H2,(H2,6,7)(H,8,9)(H2,10,11,12);;/q;2*+1/p-2. The van der Waals surface area contributed by atoms with E-state index in [0.29, 0.717) is 0 Å². The van der Waals surface area contributed by atoms with Crippen LogP contribution in [0.3, 0.4) is 0 Å². The number of hydrogen-bond acceptors (Lipinski definition) is 5. The zero-order valence-corrected chi connectivity index (χ0v) is 13.6. The Bertz CT molecular complexity index is 266. The smallest absolute Gasteiger partial charge is 0.810 e. The summed E-state index contributed by atoms with van der Waals surface area (Å²) in [6.45, 7) is -0.124. The van der Waals surface area contributed by atoms with E-state index in [1.54, 1.807) is 0 Å². The first kappa shape index (κ1) is 21.4. The minimum Gasteiger partial charge on any atom is -0.810 e. The van der Waals surface area contributed by atoms with Gasteiger partial charge in [0.25, 0.3) is 0 Å². The number of carboxylic acids is 1. The zero-order valence-electron chi connectivity index (χ0n) is 8.67. The summed E-state index contributed by atoms with van der Waals surface area (Å²) in [7, 11) is -4.69. The van der Waals surface area contributed by atoms with Gasteiger partial charge in [-0.2, -0.15) is 0 Å². The monoisotopic (exact) mass is 254 g/mol. The molecule has 0 aromatic rings. The number of nitrogens with zero attached hydrogens (tertiary/aromatic N) is 1. The first-order chi connectivity index (χ1) is 5.81. The summed E-state index contributed by atoms with van der Waals surface area (Å²) >= 11 is 0. The number of nitrogens with two attached hydrogens (primary N) is 1. The van der Waals surface area contributed by atoms with Gasteiger partial charge in [-0.05, 0) is 0 Å². The van der Waals surface area contributed by atoms with Crippen molar-refractivity contribution in [2.24, 2.45) is 10.7 Å². The number of hydrogen-bond donors (Lipinski definition) is 2. The predicted octanol–water partition coefficient (Wildman–Crippen LogP) is -8.26. The molecule has 0 amide bonds. The first-order valence-corrected chi connectivity index (χ1v) is 5.06. The van der Waals surface area contributed by atoms with Crippen LogP contribution < -0.4 is 74.6 Å². The van der Waals surface area contributed by atoms with E-state index in [4.69, 9.17) is 10.8 Å². The fourth-order valence-corrected chi connectivity index (χ4v) is 1.04. The van der Waals surface area contributed by atoms with Gasteiger partial charge in [0.2, 0.25) is 0 Å². The Morgan fingerprint density at radius 3 is 2.20 bits per heavy atom. The van der Waals surface area contributed by atoms with Gasteiger partial charge in [0, 0.05) is 6.16 Å². The molecular weight excluding hydrogens is 245 g/mol. The molecule has 0 rings (SSSR count). The zero-order chi connectivity index (χ0) is 10.5. The molecule has 0 radical (unpaired) electrons. The van der Waals surface area contributed by atoms with Gasteiger partial charge in [-0.3, -0.25) is 9.79 Å². The molecule has 3 N–H and O–H groups in total. The molecule has 0 saturated heterocycles. The maximum absolute atomic E-state index is 10.1. The van der Waals surface area contributed by atoms with Crippen LogP contribution in [0.25, 0.3) is 0 Å². The number of aliphatic imine (C=N–C) groups is 1. The van der Waals surface area contributed by atoms with E-state index in [9.17, 15) is 19.1 Å². The van der Waals surface area contributed by atoms with Crippen molar-refractivity contribution < 1.29 is 83.4 Å². The number of rotatable bonds is 5. The first-order valence-electron chi connectivity index (χ1n) is 3.33. The van der Waals surface area contributed by atoms with Crippen LogP contribution in [-0.4, -0.2) is 29.6 Å².